The summed E-state index contributed by atoms with van der Waals surface area (Å²) in [6.07, 6.45) is 2.69. The Morgan fingerprint density at radius 2 is 1.70 bits per heavy atom. The van der Waals surface area contributed by atoms with Crippen LogP contribution in [-0.4, -0.2) is 25.0 Å². The second-order valence-corrected chi connectivity index (χ2v) is 7.22. The highest BCUT2D eigenvalue weighted by atomic mass is 15.1. The number of benzene rings is 1. The van der Waals surface area contributed by atoms with Gasteiger partial charge in [-0.3, -0.25) is 4.90 Å². The van der Waals surface area contributed by atoms with E-state index < -0.39 is 0 Å². The molecule has 0 radical (unpaired) electrons. The molecule has 0 aromatic heterocycles. The summed E-state index contributed by atoms with van der Waals surface area (Å²) in [5.74, 6) is 0.881. The van der Waals surface area contributed by atoms with Gasteiger partial charge in [0, 0.05) is 13.1 Å². The van der Waals surface area contributed by atoms with Crippen LogP contribution in [0.4, 0.5) is 0 Å². The van der Waals surface area contributed by atoms with Gasteiger partial charge >= 0.3 is 0 Å². The smallest absolute Gasteiger partial charge is 0.0236 e. The van der Waals surface area contributed by atoms with Crippen molar-refractivity contribution in [3.63, 3.8) is 0 Å². The summed E-state index contributed by atoms with van der Waals surface area (Å²) in [6.45, 7) is 11.7. The van der Waals surface area contributed by atoms with Crippen molar-refractivity contribution in [1.29, 1.82) is 0 Å². The zero-order valence-corrected chi connectivity index (χ0v) is 13.6. The number of nitrogens with zero attached hydrogens (tertiary/aromatic N) is 1. The van der Waals surface area contributed by atoms with Crippen LogP contribution >= 0.6 is 0 Å². The van der Waals surface area contributed by atoms with Crippen LogP contribution in [0.1, 0.15) is 44.7 Å². The van der Waals surface area contributed by atoms with Gasteiger partial charge in [0.05, 0.1) is 0 Å². The Morgan fingerprint density at radius 1 is 1.10 bits per heavy atom. The zero-order chi connectivity index (χ0) is 14.6. The van der Waals surface area contributed by atoms with Crippen molar-refractivity contribution < 1.29 is 0 Å². The van der Waals surface area contributed by atoms with Gasteiger partial charge < -0.3 is 5.32 Å². The lowest BCUT2D eigenvalue weighted by molar-refractivity contribution is 0.108. The van der Waals surface area contributed by atoms with Crippen molar-refractivity contribution in [1.82, 2.24) is 10.2 Å². The Bertz CT molecular complexity index is 412. The molecule has 1 N–H and O–H groups in total. The maximum absolute atomic E-state index is 3.27. The fraction of sp³-hybridized carbons (Fsp3) is 0.667. The van der Waals surface area contributed by atoms with Gasteiger partial charge in [0.1, 0.15) is 0 Å². The van der Waals surface area contributed by atoms with E-state index in [1.807, 2.05) is 7.05 Å². The van der Waals surface area contributed by atoms with E-state index >= 15 is 0 Å². The van der Waals surface area contributed by atoms with Gasteiger partial charge in [-0.25, -0.2) is 0 Å². The lowest BCUT2D eigenvalue weighted by Gasteiger charge is -2.39. The van der Waals surface area contributed by atoms with Crippen LogP contribution in [0.3, 0.4) is 0 Å². The van der Waals surface area contributed by atoms with E-state index in [4.69, 9.17) is 0 Å². The Morgan fingerprint density at radius 3 is 2.25 bits per heavy atom. The second-order valence-electron chi connectivity index (χ2n) is 7.22. The van der Waals surface area contributed by atoms with E-state index in [0.29, 0.717) is 5.41 Å². The average Bonchev–Trinajstić information content (AvgIpc) is 2.41. The van der Waals surface area contributed by atoms with Gasteiger partial charge in [0.25, 0.3) is 0 Å². The van der Waals surface area contributed by atoms with Gasteiger partial charge in [0.15, 0.2) is 0 Å². The molecule has 1 aromatic rings. The van der Waals surface area contributed by atoms with Crippen molar-refractivity contribution in [3.05, 3.63) is 35.4 Å². The number of hydrogen-bond acceptors (Lipinski definition) is 2. The molecule has 0 aliphatic carbocycles. The van der Waals surface area contributed by atoms with Crippen LogP contribution in [0.15, 0.2) is 24.3 Å². The molecule has 1 aliphatic heterocycles. The first-order valence-electron chi connectivity index (χ1n) is 7.94. The fourth-order valence-corrected chi connectivity index (χ4v) is 3.27. The van der Waals surface area contributed by atoms with Crippen molar-refractivity contribution >= 4 is 0 Å². The van der Waals surface area contributed by atoms with E-state index in [9.17, 15) is 0 Å². The van der Waals surface area contributed by atoms with E-state index in [1.165, 1.54) is 37.1 Å². The Hall–Kier alpha value is -0.860. The lowest BCUT2D eigenvalue weighted by Crippen LogP contribution is -2.37. The fourth-order valence-electron chi connectivity index (χ4n) is 3.27. The van der Waals surface area contributed by atoms with Gasteiger partial charge in [-0.15, -0.1) is 0 Å². The Kier molecular flexibility index (Phi) is 5.22. The summed E-state index contributed by atoms with van der Waals surface area (Å²) in [7, 11) is 2.02. The normalized spacial score (nSPS) is 18.4. The molecule has 20 heavy (non-hydrogen) atoms. The molecule has 0 saturated carbocycles. The molecule has 0 bridgehead atoms. The summed E-state index contributed by atoms with van der Waals surface area (Å²) in [6, 6.07) is 8.83. The SMILES string of the molecule is CNCc1ccccc1CN1CCC(C(C)(C)C)CC1. The zero-order valence-electron chi connectivity index (χ0n) is 13.6. The topological polar surface area (TPSA) is 15.3 Å². The molecule has 2 nitrogen and oxygen atoms in total. The summed E-state index contributed by atoms with van der Waals surface area (Å²) < 4.78 is 0. The van der Waals surface area contributed by atoms with Gasteiger partial charge in [-0.05, 0) is 55.4 Å². The van der Waals surface area contributed by atoms with Crippen LogP contribution in [0.25, 0.3) is 0 Å². The minimum absolute atomic E-state index is 0.468. The molecule has 2 rings (SSSR count). The predicted octanol–water partition coefficient (Wildman–Crippen LogP) is 3.66. The van der Waals surface area contributed by atoms with Crippen molar-refractivity contribution in [3.8, 4) is 0 Å². The van der Waals surface area contributed by atoms with Gasteiger partial charge in [-0.1, -0.05) is 45.0 Å². The third-order valence-electron chi connectivity index (χ3n) is 4.69. The monoisotopic (exact) mass is 274 g/mol. The van der Waals surface area contributed by atoms with Gasteiger partial charge in [0.2, 0.25) is 0 Å². The van der Waals surface area contributed by atoms with Gasteiger partial charge in [-0.2, -0.15) is 0 Å². The Balaban J connectivity index is 1.93. The third-order valence-corrected chi connectivity index (χ3v) is 4.69. The second kappa shape index (κ2) is 6.73. The summed E-state index contributed by atoms with van der Waals surface area (Å²) in [5.41, 5.74) is 3.39. The summed E-state index contributed by atoms with van der Waals surface area (Å²) >= 11 is 0. The molecule has 0 spiro atoms. The molecular formula is C18H30N2. The highest BCUT2D eigenvalue weighted by Gasteiger charge is 2.28. The molecule has 2 heteroatoms. The molecule has 0 amide bonds. The molecule has 0 atom stereocenters. The Labute approximate surface area is 124 Å². The molecule has 1 saturated heterocycles. The van der Waals surface area contributed by atoms with Crippen LogP contribution in [0.2, 0.25) is 0 Å². The van der Waals surface area contributed by atoms with Crippen molar-refractivity contribution in [2.24, 2.45) is 11.3 Å². The molecule has 1 aromatic carbocycles. The van der Waals surface area contributed by atoms with Crippen molar-refractivity contribution in [2.75, 3.05) is 20.1 Å². The molecule has 1 fully saturated rings. The first kappa shape index (κ1) is 15.5. The first-order chi connectivity index (χ1) is 9.50. The van der Waals surface area contributed by atoms with Crippen LogP contribution < -0.4 is 5.32 Å². The number of hydrogen-bond donors (Lipinski definition) is 1. The van der Waals surface area contributed by atoms with Crippen LogP contribution in [0.5, 0.6) is 0 Å². The standard InChI is InChI=1S/C18H30N2/c1-18(2,3)17-9-11-20(12-10-17)14-16-8-6-5-7-15(16)13-19-4/h5-8,17,19H,9-14H2,1-4H3. The number of piperidine rings is 1. The van der Waals surface area contributed by atoms with E-state index in [2.05, 4.69) is 55.3 Å². The van der Waals surface area contributed by atoms with E-state index in [1.54, 1.807) is 0 Å². The average molecular weight is 274 g/mol. The maximum atomic E-state index is 3.27. The molecular weight excluding hydrogens is 244 g/mol. The third kappa shape index (κ3) is 4.07. The largest absolute Gasteiger partial charge is 0.316 e. The molecule has 1 aliphatic rings. The quantitative estimate of drug-likeness (QED) is 0.901. The predicted molar refractivity (Wildman–Crippen MR) is 86.7 cm³/mol. The highest BCUT2D eigenvalue weighted by molar-refractivity contribution is 5.27. The van der Waals surface area contributed by atoms with Crippen LogP contribution in [-0.2, 0) is 13.1 Å². The first-order valence-corrected chi connectivity index (χ1v) is 7.94. The lowest BCUT2D eigenvalue weighted by atomic mass is 9.75. The summed E-state index contributed by atoms with van der Waals surface area (Å²) in [5, 5.41) is 3.27. The van der Waals surface area contributed by atoms with E-state index in [-0.39, 0.29) is 0 Å². The maximum Gasteiger partial charge on any atom is 0.0236 e. The molecule has 1 heterocycles. The van der Waals surface area contributed by atoms with E-state index in [0.717, 1.165) is 19.0 Å². The number of rotatable bonds is 4. The minimum Gasteiger partial charge on any atom is -0.316 e. The molecule has 0 unspecified atom stereocenters. The highest BCUT2D eigenvalue weighted by Crippen LogP contribution is 2.34. The molecule has 112 valence electrons. The minimum atomic E-state index is 0.468. The van der Waals surface area contributed by atoms with Crippen molar-refractivity contribution in [2.45, 2.75) is 46.7 Å². The van der Waals surface area contributed by atoms with Crippen LogP contribution in [0, 0.1) is 11.3 Å². The summed E-state index contributed by atoms with van der Waals surface area (Å²) in [4.78, 5) is 2.62. The number of nitrogens with one attached hydrogen (secondary N) is 1. The number of likely N-dealkylation sites (tertiary alicyclic amines) is 1.